The summed E-state index contributed by atoms with van der Waals surface area (Å²) in [6.07, 6.45) is 2.31. The predicted octanol–water partition coefficient (Wildman–Crippen LogP) is 2.17. The van der Waals surface area contributed by atoms with Crippen LogP contribution in [0.4, 0.5) is 0 Å². The van der Waals surface area contributed by atoms with Gasteiger partial charge in [0.25, 0.3) is 0 Å². The average molecular weight is 281 g/mol. The normalized spacial score (nSPS) is 12.6. The van der Waals surface area contributed by atoms with Gasteiger partial charge in [0.05, 0.1) is 6.54 Å². The van der Waals surface area contributed by atoms with Crippen LogP contribution in [0.1, 0.15) is 52.3 Å². The van der Waals surface area contributed by atoms with E-state index in [9.17, 15) is 0 Å². The molecule has 0 aliphatic rings. The first-order chi connectivity index (χ1) is 9.38. The molecule has 0 aromatic carbocycles. The SMILES string of the molecule is CCCCN(C)C(=NC)NCc1noc(C(C)(C)C)n1. The molecule has 1 rings (SSSR count). The Labute approximate surface area is 121 Å². The Kier molecular flexibility index (Phi) is 5.98. The van der Waals surface area contributed by atoms with Crippen LogP contribution in [0.2, 0.25) is 0 Å². The molecular weight excluding hydrogens is 254 g/mol. The van der Waals surface area contributed by atoms with Gasteiger partial charge in [-0.15, -0.1) is 0 Å². The third-order valence-electron chi connectivity index (χ3n) is 2.93. The fraction of sp³-hybridized carbons (Fsp3) is 0.786. The van der Waals surface area contributed by atoms with Crippen molar-refractivity contribution in [3.05, 3.63) is 11.7 Å². The number of guanidine groups is 1. The number of aromatic nitrogens is 2. The van der Waals surface area contributed by atoms with Crippen LogP contribution in [0.3, 0.4) is 0 Å². The van der Waals surface area contributed by atoms with Crippen LogP contribution in [0.5, 0.6) is 0 Å². The Bertz CT molecular complexity index is 433. The van der Waals surface area contributed by atoms with E-state index in [-0.39, 0.29) is 5.41 Å². The van der Waals surface area contributed by atoms with Crippen LogP contribution in [0.15, 0.2) is 9.52 Å². The molecule has 0 saturated heterocycles. The molecule has 6 heteroatoms. The summed E-state index contributed by atoms with van der Waals surface area (Å²) in [5, 5.41) is 7.24. The van der Waals surface area contributed by atoms with Gasteiger partial charge in [-0.25, -0.2) is 0 Å². The predicted molar refractivity (Wildman–Crippen MR) is 80.7 cm³/mol. The minimum atomic E-state index is -0.120. The molecule has 0 aliphatic carbocycles. The number of nitrogens with one attached hydrogen (secondary N) is 1. The summed E-state index contributed by atoms with van der Waals surface area (Å²) in [7, 11) is 3.81. The smallest absolute Gasteiger partial charge is 0.232 e. The quantitative estimate of drug-likeness (QED) is 0.662. The van der Waals surface area contributed by atoms with Crippen LogP contribution in [-0.4, -0.2) is 41.6 Å². The number of nitrogens with zero attached hydrogens (tertiary/aromatic N) is 4. The number of hydrogen-bond donors (Lipinski definition) is 1. The highest BCUT2D eigenvalue weighted by Gasteiger charge is 2.21. The first-order valence-corrected chi connectivity index (χ1v) is 7.13. The maximum absolute atomic E-state index is 5.27. The molecule has 0 amide bonds. The number of rotatable bonds is 5. The second-order valence-corrected chi connectivity index (χ2v) is 5.94. The van der Waals surface area contributed by atoms with Crippen LogP contribution >= 0.6 is 0 Å². The molecule has 0 unspecified atom stereocenters. The van der Waals surface area contributed by atoms with Crippen molar-refractivity contribution < 1.29 is 4.52 Å². The molecule has 1 N–H and O–H groups in total. The molecule has 1 aromatic heterocycles. The van der Waals surface area contributed by atoms with Crippen LogP contribution in [0, 0.1) is 0 Å². The zero-order chi connectivity index (χ0) is 15.2. The highest BCUT2D eigenvalue weighted by atomic mass is 16.5. The first-order valence-electron chi connectivity index (χ1n) is 7.13. The van der Waals surface area contributed by atoms with E-state index in [1.807, 2.05) is 7.05 Å². The van der Waals surface area contributed by atoms with Crippen LogP contribution in [-0.2, 0) is 12.0 Å². The molecule has 0 radical (unpaired) electrons. The topological polar surface area (TPSA) is 66.5 Å². The summed E-state index contributed by atoms with van der Waals surface area (Å²) in [4.78, 5) is 10.8. The van der Waals surface area contributed by atoms with Gasteiger partial charge < -0.3 is 14.7 Å². The molecular formula is C14H27N5O. The van der Waals surface area contributed by atoms with E-state index in [4.69, 9.17) is 4.52 Å². The number of hydrogen-bond acceptors (Lipinski definition) is 4. The van der Waals surface area contributed by atoms with Crippen molar-refractivity contribution in [1.82, 2.24) is 20.4 Å². The number of aliphatic imine (C=N–C) groups is 1. The average Bonchev–Trinajstić information content (AvgIpc) is 2.85. The van der Waals surface area contributed by atoms with E-state index >= 15 is 0 Å². The van der Waals surface area contributed by atoms with Gasteiger partial charge in [0.2, 0.25) is 5.89 Å². The molecule has 114 valence electrons. The zero-order valence-corrected chi connectivity index (χ0v) is 13.5. The van der Waals surface area contributed by atoms with Crippen LogP contribution in [0.25, 0.3) is 0 Å². The second kappa shape index (κ2) is 7.26. The lowest BCUT2D eigenvalue weighted by molar-refractivity contribution is 0.318. The summed E-state index contributed by atoms with van der Waals surface area (Å²) in [5.41, 5.74) is -0.120. The van der Waals surface area contributed by atoms with E-state index in [2.05, 4.69) is 53.0 Å². The van der Waals surface area contributed by atoms with Crippen LogP contribution < -0.4 is 5.32 Å². The minimum absolute atomic E-state index is 0.120. The van der Waals surface area contributed by atoms with Crippen molar-refractivity contribution in [2.45, 2.75) is 52.5 Å². The van der Waals surface area contributed by atoms with Gasteiger partial charge in [-0.05, 0) is 6.42 Å². The lowest BCUT2D eigenvalue weighted by Crippen LogP contribution is -2.39. The highest BCUT2D eigenvalue weighted by Crippen LogP contribution is 2.19. The zero-order valence-electron chi connectivity index (χ0n) is 13.5. The van der Waals surface area contributed by atoms with E-state index in [0.717, 1.165) is 18.9 Å². The van der Waals surface area contributed by atoms with Gasteiger partial charge in [0, 0.05) is 26.1 Å². The molecule has 6 nitrogen and oxygen atoms in total. The third kappa shape index (κ3) is 4.83. The third-order valence-corrected chi connectivity index (χ3v) is 2.93. The maximum atomic E-state index is 5.27. The molecule has 0 bridgehead atoms. The molecule has 0 atom stereocenters. The summed E-state index contributed by atoms with van der Waals surface area (Å²) in [6.45, 7) is 9.83. The lowest BCUT2D eigenvalue weighted by atomic mass is 9.97. The first kappa shape index (κ1) is 16.5. The molecule has 0 aliphatic heterocycles. The summed E-state index contributed by atoms with van der Waals surface area (Å²) in [6, 6.07) is 0. The molecule has 1 aromatic rings. The molecule has 1 heterocycles. The monoisotopic (exact) mass is 281 g/mol. The Hall–Kier alpha value is -1.59. The van der Waals surface area contributed by atoms with E-state index < -0.39 is 0 Å². The lowest BCUT2D eigenvalue weighted by Gasteiger charge is -2.21. The van der Waals surface area contributed by atoms with Gasteiger partial charge in [-0.2, -0.15) is 4.98 Å². The Balaban J connectivity index is 2.55. The molecule has 0 fully saturated rings. The standard InChI is InChI=1S/C14H27N5O/c1-7-8-9-19(6)13(15-5)16-10-11-17-12(20-18-11)14(2,3)4/h7-10H2,1-6H3,(H,15,16). The fourth-order valence-corrected chi connectivity index (χ4v) is 1.67. The van der Waals surface area contributed by atoms with Crippen molar-refractivity contribution in [3.63, 3.8) is 0 Å². The number of unbranched alkanes of at least 4 members (excludes halogenated alkanes) is 1. The van der Waals surface area contributed by atoms with Crippen molar-refractivity contribution in [1.29, 1.82) is 0 Å². The fourth-order valence-electron chi connectivity index (χ4n) is 1.67. The minimum Gasteiger partial charge on any atom is -0.349 e. The highest BCUT2D eigenvalue weighted by molar-refractivity contribution is 5.79. The van der Waals surface area contributed by atoms with Crippen molar-refractivity contribution in [3.8, 4) is 0 Å². The molecule has 0 spiro atoms. The van der Waals surface area contributed by atoms with Crippen molar-refractivity contribution >= 4 is 5.96 Å². The van der Waals surface area contributed by atoms with Gasteiger partial charge in [0.1, 0.15) is 0 Å². The van der Waals surface area contributed by atoms with Crippen molar-refractivity contribution in [2.75, 3.05) is 20.6 Å². The Morgan fingerprint density at radius 1 is 1.40 bits per heavy atom. The van der Waals surface area contributed by atoms with E-state index in [0.29, 0.717) is 18.3 Å². The summed E-state index contributed by atoms with van der Waals surface area (Å²) < 4.78 is 5.27. The van der Waals surface area contributed by atoms with E-state index in [1.165, 1.54) is 6.42 Å². The van der Waals surface area contributed by atoms with E-state index in [1.54, 1.807) is 7.05 Å². The second-order valence-electron chi connectivity index (χ2n) is 5.94. The Morgan fingerprint density at radius 3 is 2.60 bits per heavy atom. The van der Waals surface area contributed by atoms with Gasteiger partial charge in [-0.3, -0.25) is 4.99 Å². The largest absolute Gasteiger partial charge is 0.349 e. The maximum Gasteiger partial charge on any atom is 0.232 e. The summed E-state index contributed by atoms with van der Waals surface area (Å²) in [5.74, 6) is 2.16. The Morgan fingerprint density at radius 2 is 2.10 bits per heavy atom. The summed E-state index contributed by atoms with van der Waals surface area (Å²) >= 11 is 0. The van der Waals surface area contributed by atoms with Gasteiger partial charge >= 0.3 is 0 Å². The van der Waals surface area contributed by atoms with Crippen molar-refractivity contribution in [2.24, 2.45) is 4.99 Å². The van der Waals surface area contributed by atoms with Gasteiger partial charge in [-0.1, -0.05) is 39.3 Å². The van der Waals surface area contributed by atoms with Gasteiger partial charge in [0.15, 0.2) is 11.8 Å². The molecule has 20 heavy (non-hydrogen) atoms. The molecule has 0 saturated carbocycles.